The first-order chi connectivity index (χ1) is 17.2. The van der Waals surface area contributed by atoms with Crippen molar-refractivity contribution >= 4 is 17.5 Å². The molecule has 10 heteroatoms. The van der Waals surface area contributed by atoms with Gasteiger partial charge in [-0.25, -0.2) is 0 Å². The molecular formula is C26H24F3N3O4. The minimum atomic E-state index is -4.63. The highest BCUT2D eigenvalue weighted by Crippen LogP contribution is 2.36. The maximum absolute atomic E-state index is 13.4. The van der Waals surface area contributed by atoms with Gasteiger partial charge in [-0.3, -0.25) is 14.6 Å². The first-order valence-corrected chi connectivity index (χ1v) is 11.4. The van der Waals surface area contributed by atoms with Gasteiger partial charge in [-0.05, 0) is 80.3 Å². The molecule has 0 atom stereocenters. The number of aromatic nitrogens is 1. The molecule has 0 bridgehead atoms. The van der Waals surface area contributed by atoms with Crippen molar-refractivity contribution in [2.24, 2.45) is 5.73 Å². The van der Waals surface area contributed by atoms with Crippen LogP contribution in [0.3, 0.4) is 0 Å². The molecule has 36 heavy (non-hydrogen) atoms. The molecule has 0 spiro atoms. The monoisotopic (exact) mass is 499 g/mol. The number of nitrogens with zero attached hydrogens (tertiary/aromatic N) is 1. The number of halogens is 3. The molecule has 1 heterocycles. The van der Waals surface area contributed by atoms with Crippen LogP contribution in [0, 0.1) is 0 Å². The molecule has 188 valence electrons. The zero-order valence-electron chi connectivity index (χ0n) is 19.2. The number of rotatable bonds is 7. The van der Waals surface area contributed by atoms with Crippen molar-refractivity contribution in [2.75, 3.05) is 5.32 Å². The fraction of sp³-hybridized carbons (Fsp3) is 0.269. The van der Waals surface area contributed by atoms with Crippen LogP contribution in [0.5, 0.6) is 17.2 Å². The van der Waals surface area contributed by atoms with Gasteiger partial charge in [0.1, 0.15) is 22.9 Å². The Morgan fingerprint density at radius 2 is 1.64 bits per heavy atom. The molecule has 1 fully saturated rings. The molecule has 0 aliphatic heterocycles. The predicted molar refractivity (Wildman–Crippen MR) is 126 cm³/mol. The Kier molecular flexibility index (Phi) is 7.42. The first-order valence-electron chi connectivity index (χ1n) is 11.4. The molecule has 1 aromatic heterocycles. The summed E-state index contributed by atoms with van der Waals surface area (Å²) in [5.41, 5.74) is 4.22. The molecule has 0 saturated heterocycles. The highest BCUT2D eigenvalue weighted by Gasteiger charge is 2.32. The van der Waals surface area contributed by atoms with E-state index in [0.717, 1.165) is 43.9 Å². The number of hydrogen-bond acceptors (Lipinski definition) is 5. The molecule has 2 aromatic carbocycles. The van der Waals surface area contributed by atoms with Gasteiger partial charge in [-0.15, -0.1) is 0 Å². The molecule has 1 aliphatic carbocycles. The Morgan fingerprint density at radius 3 is 2.31 bits per heavy atom. The number of benzene rings is 2. The number of pyridine rings is 1. The van der Waals surface area contributed by atoms with E-state index in [1.807, 2.05) is 0 Å². The average Bonchev–Trinajstić information content (AvgIpc) is 2.85. The lowest BCUT2D eigenvalue weighted by Crippen LogP contribution is -2.19. The third-order valence-electron chi connectivity index (χ3n) is 5.73. The van der Waals surface area contributed by atoms with Crippen molar-refractivity contribution in [3.63, 3.8) is 0 Å². The van der Waals surface area contributed by atoms with Gasteiger partial charge < -0.3 is 20.5 Å². The van der Waals surface area contributed by atoms with Crippen molar-refractivity contribution < 1.29 is 32.2 Å². The maximum atomic E-state index is 13.4. The minimum Gasteiger partial charge on any atom is -0.490 e. The van der Waals surface area contributed by atoms with Crippen molar-refractivity contribution in [3.8, 4) is 17.2 Å². The van der Waals surface area contributed by atoms with Gasteiger partial charge >= 0.3 is 6.18 Å². The molecule has 0 unspecified atom stereocenters. The van der Waals surface area contributed by atoms with Crippen LogP contribution in [0.1, 0.15) is 58.5 Å². The Hall–Kier alpha value is -4.08. The van der Waals surface area contributed by atoms with Crippen LogP contribution in [0.2, 0.25) is 0 Å². The molecule has 0 radical (unpaired) electrons. The van der Waals surface area contributed by atoms with E-state index in [1.165, 1.54) is 24.8 Å². The quantitative estimate of drug-likeness (QED) is 0.418. The van der Waals surface area contributed by atoms with E-state index in [2.05, 4.69) is 10.3 Å². The highest BCUT2D eigenvalue weighted by molar-refractivity contribution is 6.06. The van der Waals surface area contributed by atoms with Gasteiger partial charge in [0.05, 0.1) is 17.2 Å². The summed E-state index contributed by atoms with van der Waals surface area (Å²) in [5.74, 6) is -0.941. The lowest BCUT2D eigenvalue weighted by molar-refractivity contribution is -0.137. The number of primary amides is 1. The Balaban J connectivity index is 1.56. The van der Waals surface area contributed by atoms with Gasteiger partial charge in [0, 0.05) is 11.9 Å². The van der Waals surface area contributed by atoms with Crippen molar-refractivity contribution in [3.05, 3.63) is 77.6 Å². The number of ether oxygens (including phenoxy) is 2. The maximum Gasteiger partial charge on any atom is 0.416 e. The van der Waals surface area contributed by atoms with Crippen LogP contribution in [-0.2, 0) is 6.18 Å². The lowest BCUT2D eigenvalue weighted by atomic mass is 9.98. The van der Waals surface area contributed by atoms with Crippen LogP contribution in [0.25, 0.3) is 0 Å². The van der Waals surface area contributed by atoms with E-state index in [0.29, 0.717) is 5.75 Å². The fourth-order valence-corrected chi connectivity index (χ4v) is 3.90. The van der Waals surface area contributed by atoms with Gasteiger partial charge in [0.25, 0.3) is 11.8 Å². The van der Waals surface area contributed by atoms with E-state index in [1.54, 1.807) is 24.3 Å². The zero-order valence-corrected chi connectivity index (χ0v) is 19.2. The normalized spacial score (nSPS) is 14.2. The molecule has 3 N–H and O–H groups in total. The van der Waals surface area contributed by atoms with Crippen LogP contribution >= 0.6 is 0 Å². The summed E-state index contributed by atoms with van der Waals surface area (Å²) in [5, 5.41) is 2.52. The number of carbonyl (C=O) groups excluding carboxylic acids is 2. The van der Waals surface area contributed by atoms with E-state index in [4.69, 9.17) is 15.2 Å². The van der Waals surface area contributed by atoms with Crippen molar-refractivity contribution in [2.45, 2.75) is 44.4 Å². The second-order valence-electron chi connectivity index (χ2n) is 8.41. The summed E-state index contributed by atoms with van der Waals surface area (Å²) in [6.07, 6.45) is 2.20. The van der Waals surface area contributed by atoms with Gasteiger partial charge in [0.15, 0.2) is 0 Å². The number of alkyl halides is 3. The van der Waals surface area contributed by atoms with E-state index in [9.17, 15) is 22.8 Å². The number of nitrogens with two attached hydrogens (primary N) is 1. The molecular weight excluding hydrogens is 475 g/mol. The molecule has 4 rings (SSSR count). The lowest BCUT2D eigenvalue weighted by Gasteiger charge is -2.23. The van der Waals surface area contributed by atoms with Gasteiger partial charge in [-0.2, -0.15) is 13.2 Å². The van der Waals surface area contributed by atoms with Crippen LogP contribution < -0.4 is 20.5 Å². The molecule has 1 saturated carbocycles. The van der Waals surface area contributed by atoms with Gasteiger partial charge in [0.2, 0.25) is 0 Å². The Morgan fingerprint density at radius 1 is 0.944 bits per heavy atom. The summed E-state index contributed by atoms with van der Waals surface area (Å²) in [6.45, 7) is 0. The van der Waals surface area contributed by atoms with E-state index < -0.39 is 23.6 Å². The third kappa shape index (κ3) is 6.32. The number of hydrogen-bond donors (Lipinski definition) is 2. The Labute approximate surface area is 205 Å². The second kappa shape index (κ2) is 10.7. The summed E-state index contributed by atoms with van der Waals surface area (Å²) < 4.78 is 51.8. The largest absolute Gasteiger partial charge is 0.490 e. The van der Waals surface area contributed by atoms with E-state index in [-0.39, 0.29) is 34.5 Å². The summed E-state index contributed by atoms with van der Waals surface area (Å²) >= 11 is 0. The average molecular weight is 499 g/mol. The fourth-order valence-electron chi connectivity index (χ4n) is 3.90. The molecule has 3 aromatic rings. The SMILES string of the molecule is NC(=O)c1cc(NC(=O)c2ccc(C(F)(F)F)cc2Oc2ccc(OC3CCCCC3)cc2)ccn1. The van der Waals surface area contributed by atoms with Crippen LogP contribution in [0.15, 0.2) is 60.8 Å². The number of anilines is 1. The highest BCUT2D eigenvalue weighted by atomic mass is 19.4. The number of carbonyl (C=O) groups is 2. The summed E-state index contributed by atoms with van der Waals surface area (Å²) in [4.78, 5) is 28.0. The van der Waals surface area contributed by atoms with E-state index >= 15 is 0 Å². The van der Waals surface area contributed by atoms with Crippen LogP contribution in [0.4, 0.5) is 18.9 Å². The van der Waals surface area contributed by atoms with Crippen LogP contribution in [-0.4, -0.2) is 22.9 Å². The first kappa shape index (κ1) is 25.0. The Bertz CT molecular complexity index is 1240. The second-order valence-corrected chi connectivity index (χ2v) is 8.41. The zero-order chi connectivity index (χ0) is 25.7. The summed E-state index contributed by atoms with van der Waals surface area (Å²) in [6, 6.07) is 11.8. The third-order valence-corrected chi connectivity index (χ3v) is 5.73. The van der Waals surface area contributed by atoms with Crippen molar-refractivity contribution in [1.29, 1.82) is 0 Å². The minimum absolute atomic E-state index is 0.0766. The summed E-state index contributed by atoms with van der Waals surface area (Å²) in [7, 11) is 0. The molecule has 1 aliphatic rings. The standard InChI is InChI=1S/C26H24F3N3O4/c27-26(28,29)16-6-11-21(25(34)32-17-12-13-31-22(15-17)24(30)33)23(14-16)36-20-9-7-19(8-10-20)35-18-4-2-1-3-5-18/h6-15,18H,1-5H2,(H2,30,33)(H,31,32,34). The predicted octanol–water partition coefficient (Wildman–Crippen LogP) is 5.96. The topological polar surface area (TPSA) is 104 Å². The van der Waals surface area contributed by atoms with Crippen molar-refractivity contribution in [1.82, 2.24) is 4.98 Å². The number of amides is 2. The molecule has 7 nitrogen and oxygen atoms in total. The number of nitrogens with one attached hydrogen (secondary N) is 1. The molecule has 2 amide bonds. The van der Waals surface area contributed by atoms with Gasteiger partial charge in [-0.1, -0.05) is 6.42 Å². The smallest absolute Gasteiger partial charge is 0.416 e.